The molecule has 1 N–H and O–H groups in total. The van der Waals surface area contributed by atoms with Crippen LogP contribution in [0.3, 0.4) is 0 Å². The number of rotatable bonds is 9. The Bertz CT molecular complexity index is 241. The summed E-state index contributed by atoms with van der Waals surface area (Å²) >= 11 is 0. The van der Waals surface area contributed by atoms with E-state index in [9.17, 15) is 0 Å². The van der Waals surface area contributed by atoms with Gasteiger partial charge >= 0.3 is 0 Å². The number of nitrogens with one attached hydrogen (secondary N) is 1. The summed E-state index contributed by atoms with van der Waals surface area (Å²) in [4.78, 5) is 0. The van der Waals surface area contributed by atoms with Crippen molar-refractivity contribution >= 4 is 0 Å². The van der Waals surface area contributed by atoms with Gasteiger partial charge in [-0.2, -0.15) is 0 Å². The van der Waals surface area contributed by atoms with Crippen LogP contribution in [0.15, 0.2) is 0 Å². The quantitative estimate of drug-likeness (QED) is 0.635. The zero-order valence-electron chi connectivity index (χ0n) is 12.5. The van der Waals surface area contributed by atoms with Crippen molar-refractivity contribution in [3.63, 3.8) is 0 Å². The van der Waals surface area contributed by atoms with E-state index in [0.717, 1.165) is 37.5 Å². The molecule has 0 saturated heterocycles. The smallest absolute Gasteiger partial charge is 0.0471 e. The fraction of sp³-hybridized carbons (Fsp3) is 1.00. The average molecular weight is 253 g/mol. The van der Waals surface area contributed by atoms with E-state index in [1.165, 1.54) is 38.6 Å². The Balaban J connectivity index is 1.66. The maximum atomic E-state index is 5.83. The third-order valence-corrected chi connectivity index (χ3v) is 4.83. The molecule has 18 heavy (non-hydrogen) atoms. The summed E-state index contributed by atoms with van der Waals surface area (Å²) in [6.45, 7) is 11.0. The van der Waals surface area contributed by atoms with Crippen LogP contribution in [0.25, 0.3) is 0 Å². The van der Waals surface area contributed by atoms with Crippen LogP contribution in [0.4, 0.5) is 0 Å². The molecule has 0 radical (unpaired) electrons. The summed E-state index contributed by atoms with van der Waals surface area (Å²) in [6, 6.07) is 0. The molecule has 2 rings (SSSR count). The molecule has 2 unspecified atom stereocenters. The van der Waals surface area contributed by atoms with Crippen molar-refractivity contribution < 1.29 is 4.74 Å². The Kier molecular flexibility index (Phi) is 5.08. The molecule has 2 nitrogen and oxygen atoms in total. The summed E-state index contributed by atoms with van der Waals surface area (Å²) in [6.07, 6.45) is 6.90. The van der Waals surface area contributed by atoms with E-state index in [-0.39, 0.29) is 0 Å². The van der Waals surface area contributed by atoms with E-state index in [1.807, 2.05) is 0 Å². The highest BCUT2D eigenvalue weighted by Crippen LogP contribution is 2.60. The molecule has 0 heterocycles. The van der Waals surface area contributed by atoms with Crippen LogP contribution >= 0.6 is 0 Å². The maximum absolute atomic E-state index is 5.83. The fourth-order valence-corrected chi connectivity index (χ4v) is 3.54. The minimum Gasteiger partial charge on any atom is -0.381 e. The maximum Gasteiger partial charge on any atom is 0.0471 e. The van der Waals surface area contributed by atoms with Crippen molar-refractivity contribution in [1.29, 1.82) is 0 Å². The first-order valence-electron chi connectivity index (χ1n) is 7.94. The Labute approximate surface area is 113 Å². The summed E-state index contributed by atoms with van der Waals surface area (Å²) in [5, 5.41) is 3.58. The number of hydrogen-bond acceptors (Lipinski definition) is 2. The van der Waals surface area contributed by atoms with Gasteiger partial charge in [0.2, 0.25) is 0 Å². The van der Waals surface area contributed by atoms with Gasteiger partial charge in [0.05, 0.1) is 0 Å². The predicted octanol–water partition coefficient (Wildman–Crippen LogP) is 3.47. The lowest BCUT2D eigenvalue weighted by Gasteiger charge is -2.31. The highest BCUT2D eigenvalue weighted by atomic mass is 16.5. The molecule has 0 amide bonds. The molecule has 2 heteroatoms. The third-order valence-electron chi connectivity index (χ3n) is 4.83. The Morgan fingerprint density at radius 2 is 1.94 bits per heavy atom. The number of hydrogen-bond donors (Lipinski definition) is 1. The molecule has 2 aliphatic rings. The molecule has 106 valence electrons. The van der Waals surface area contributed by atoms with Crippen LogP contribution in [-0.2, 0) is 4.74 Å². The van der Waals surface area contributed by atoms with Gasteiger partial charge in [-0.15, -0.1) is 0 Å². The Morgan fingerprint density at radius 3 is 2.56 bits per heavy atom. The molecule has 0 aromatic heterocycles. The van der Waals surface area contributed by atoms with Crippen molar-refractivity contribution in [2.75, 3.05) is 26.3 Å². The summed E-state index contributed by atoms with van der Waals surface area (Å²) < 4.78 is 5.83. The summed E-state index contributed by atoms with van der Waals surface area (Å²) in [5.74, 6) is 2.90. The van der Waals surface area contributed by atoms with Crippen LogP contribution in [-0.4, -0.2) is 26.3 Å². The van der Waals surface area contributed by atoms with Gasteiger partial charge < -0.3 is 10.1 Å². The van der Waals surface area contributed by atoms with Crippen molar-refractivity contribution in [2.24, 2.45) is 23.2 Å². The zero-order chi connectivity index (χ0) is 13.0. The van der Waals surface area contributed by atoms with Gasteiger partial charge in [-0.3, -0.25) is 0 Å². The molecule has 0 bridgehead atoms. The van der Waals surface area contributed by atoms with Crippen LogP contribution in [0.5, 0.6) is 0 Å². The van der Waals surface area contributed by atoms with Gasteiger partial charge in [-0.1, -0.05) is 20.8 Å². The third kappa shape index (κ3) is 3.96. The van der Waals surface area contributed by atoms with E-state index in [2.05, 4.69) is 26.1 Å². The Morgan fingerprint density at radius 1 is 1.22 bits per heavy atom. The van der Waals surface area contributed by atoms with E-state index < -0.39 is 0 Å². The summed E-state index contributed by atoms with van der Waals surface area (Å²) in [5.41, 5.74) is 0.571. The van der Waals surface area contributed by atoms with Crippen molar-refractivity contribution in [3.05, 3.63) is 0 Å². The van der Waals surface area contributed by atoms with Gasteiger partial charge in [0.1, 0.15) is 0 Å². The molecule has 2 fully saturated rings. The molecule has 2 atom stereocenters. The first-order chi connectivity index (χ1) is 8.65. The first kappa shape index (κ1) is 14.3. The highest BCUT2D eigenvalue weighted by molar-refractivity contribution is 5.03. The lowest BCUT2D eigenvalue weighted by molar-refractivity contribution is 0.0827. The molecule has 0 aromatic rings. The second-order valence-corrected chi connectivity index (χ2v) is 6.99. The minimum absolute atomic E-state index is 0.571. The van der Waals surface area contributed by atoms with Crippen LogP contribution in [0, 0.1) is 23.2 Å². The molecule has 0 spiro atoms. The molecule has 0 aromatic carbocycles. The van der Waals surface area contributed by atoms with Gasteiger partial charge in [-0.05, 0) is 61.8 Å². The van der Waals surface area contributed by atoms with Crippen molar-refractivity contribution in [1.82, 2.24) is 5.32 Å². The lowest BCUT2D eigenvalue weighted by Crippen LogP contribution is -2.34. The highest BCUT2D eigenvalue weighted by Gasteiger charge is 2.52. The van der Waals surface area contributed by atoms with Gasteiger partial charge in [0.15, 0.2) is 0 Å². The van der Waals surface area contributed by atoms with Crippen molar-refractivity contribution in [2.45, 2.75) is 52.9 Å². The largest absolute Gasteiger partial charge is 0.381 e. The van der Waals surface area contributed by atoms with Gasteiger partial charge in [0.25, 0.3) is 0 Å². The van der Waals surface area contributed by atoms with Crippen LogP contribution < -0.4 is 5.32 Å². The van der Waals surface area contributed by atoms with E-state index in [4.69, 9.17) is 4.74 Å². The van der Waals surface area contributed by atoms with Crippen LogP contribution in [0.2, 0.25) is 0 Å². The normalized spacial score (nSPS) is 34.0. The minimum atomic E-state index is 0.571. The van der Waals surface area contributed by atoms with Gasteiger partial charge in [-0.25, -0.2) is 0 Å². The van der Waals surface area contributed by atoms with Gasteiger partial charge in [0, 0.05) is 19.8 Å². The zero-order valence-corrected chi connectivity index (χ0v) is 12.5. The number of ether oxygens (including phenoxy) is 1. The molecule has 0 aliphatic heterocycles. The lowest BCUT2D eigenvalue weighted by atomic mass is 9.80. The Hall–Kier alpha value is -0.0800. The monoisotopic (exact) mass is 253 g/mol. The topological polar surface area (TPSA) is 21.3 Å². The molecule has 2 aliphatic carbocycles. The van der Waals surface area contributed by atoms with E-state index in [0.29, 0.717) is 5.41 Å². The second-order valence-electron chi connectivity index (χ2n) is 6.99. The van der Waals surface area contributed by atoms with E-state index >= 15 is 0 Å². The standard InChI is InChI=1S/C16H31NO/c1-4-17-12-16(10-14-9-15(14)11-16)6-8-18-7-5-13(2)3/h13-15,17H,4-12H2,1-3H3. The SMILES string of the molecule is CCNCC1(CCOCCC(C)C)CC2CC2C1. The molecule has 2 saturated carbocycles. The molecular formula is C16H31NO. The molecular weight excluding hydrogens is 222 g/mol. The predicted molar refractivity (Wildman–Crippen MR) is 76.7 cm³/mol. The average Bonchev–Trinajstić information content (AvgIpc) is 2.94. The first-order valence-corrected chi connectivity index (χ1v) is 7.94. The fourth-order valence-electron chi connectivity index (χ4n) is 3.54. The number of fused-ring (bicyclic) bond motifs is 1. The van der Waals surface area contributed by atoms with Crippen LogP contribution in [0.1, 0.15) is 52.9 Å². The van der Waals surface area contributed by atoms with E-state index in [1.54, 1.807) is 0 Å². The van der Waals surface area contributed by atoms with Crippen molar-refractivity contribution in [3.8, 4) is 0 Å². The summed E-state index contributed by atoms with van der Waals surface area (Å²) in [7, 11) is 0. The second kappa shape index (κ2) is 6.38.